The zero-order valence-electron chi connectivity index (χ0n) is 11.0. The molecule has 0 spiro atoms. The minimum atomic E-state index is -0.235. The first-order chi connectivity index (χ1) is 10.2. The second-order valence-corrected chi connectivity index (χ2v) is 5.41. The number of amides is 1. The molecule has 0 saturated carbocycles. The van der Waals surface area contributed by atoms with E-state index in [1.807, 2.05) is 48.5 Å². The predicted molar refractivity (Wildman–Crippen MR) is 87.5 cm³/mol. The number of aromatic amines is 1. The van der Waals surface area contributed by atoms with Gasteiger partial charge in [-0.1, -0.05) is 46.3 Å². The average Bonchev–Trinajstić information content (AvgIpc) is 2.93. The Bertz CT molecular complexity index is 806. The van der Waals surface area contributed by atoms with Crippen LogP contribution in [0.5, 0.6) is 0 Å². The Kier molecular flexibility index (Phi) is 3.83. The lowest BCUT2D eigenvalue weighted by atomic mass is 10.2. The molecule has 0 saturated heterocycles. The van der Waals surface area contributed by atoms with Crippen molar-refractivity contribution in [3.8, 4) is 0 Å². The van der Waals surface area contributed by atoms with Crippen LogP contribution in [0.3, 0.4) is 0 Å². The van der Waals surface area contributed by atoms with E-state index in [0.29, 0.717) is 5.56 Å². The fourth-order valence-corrected chi connectivity index (χ4v) is 2.30. The predicted octanol–water partition coefficient (Wildman–Crippen LogP) is 3.69. The number of H-pyrrole nitrogens is 1. The standard InChI is InChI=1S/C16H12BrN3O/c17-12-7-5-11(6-8-12)9-19-20-16(21)14-10-18-15-4-2-1-3-13(14)15/h1-10,18H,(H,20,21). The number of fused-ring (bicyclic) bond motifs is 1. The number of hydrogen-bond acceptors (Lipinski definition) is 2. The summed E-state index contributed by atoms with van der Waals surface area (Å²) in [5, 5.41) is 4.86. The quantitative estimate of drug-likeness (QED) is 0.553. The van der Waals surface area contributed by atoms with Crippen LogP contribution in [0.1, 0.15) is 15.9 Å². The third-order valence-corrected chi connectivity index (χ3v) is 3.61. The van der Waals surface area contributed by atoms with E-state index < -0.39 is 0 Å². The summed E-state index contributed by atoms with van der Waals surface area (Å²) in [6.07, 6.45) is 3.30. The number of hydrogen-bond donors (Lipinski definition) is 2. The summed E-state index contributed by atoms with van der Waals surface area (Å²) in [5.41, 5.74) is 4.97. The Labute approximate surface area is 130 Å². The smallest absolute Gasteiger partial charge is 0.273 e. The highest BCUT2D eigenvalue weighted by atomic mass is 79.9. The molecule has 2 aromatic carbocycles. The molecule has 4 nitrogen and oxygen atoms in total. The van der Waals surface area contributed by atoms with Gasteiger partial charge >= 0.3 is 0 Å². The molecule has 0 fully saturated rings. The van der Waals surface area contributed by atoms with Crippen LogP contribution >= 0.6 is 15.9 Å². The van der Waals surface area contributed by atoms with Crippen LogP contribution in [0, 0.1) is 0 Å². The first kappa shape index (κ1) is 13.6. The molecule has 3 aromatic rings. The molecular formula is C16H12BrN3O. The average molecular weight is 342 g/mol. The van der Waals surface area contributed by atoms with Crippen molar-refractivity contribution < 1.29 is 4.79 Å². The van der Waals surface area contributed by atoms with Crippen molar-refractivity contribution in [2.45, 2.75) is 0 Å². The molecule has 0 unspecified atom stereocenters. The van der Waals surface area contributed by atoms with Crippen LogP contribution in [-0.4, -0.2) is 17.1 Å². The maximum atomic E-state index is 12.1. The van der Waals surface area contributed by atoms with Crippen LogP contribution < -0.4 is 5.43 Å². The lowest BCUT2D eigenvalue weighted by Gasteiger charge is -1.98. The van der Waals surface area contributed by atoms with Crippen molar-refractivity contribution in [2.75, 3.05) is 0 Å². The number of carbonyl (C=O) groups is 1. The molecule has 0 bridgehead atoms. The molecule has 104 valence electrons. The van der Waals surface area contributed by atoms with Crippen molar-refractivity contribution in [1.29, 1.82) is 0 Å². The van der Waals surface area contributed by atoms with Crippen LogP contribution in [0.4, 0.5) is 0 Å². The van der Waals surface area contributed by atoms with Gasteiger partial charge < -0.3 is 4.98 Å². The van der Waals surface area contributed by atoms with Crippen LogP contribution in [0.25, 0.3) is 10.9 Å². The summed E-state index contributed by atoms with van der Waals surface area (Å²) in [6.45, 7) is 0. The van der Waals surface area contributed by atoms with Crippen LogP contribution in [0.15, 0.2) is 64.3 Å². The maximum Gasteiger partial charge on any atom is 0.273 e. The van der Waals surface area contributed by atoms with Gasteiger partial charge in [-0.3, -0.25) is 4.79 Å². The number of carbonyl (C=O) groups excluding carboxylic acids is 1. The van der Waals surface area contributed by atoms with Crippen molar-refractivity contribution >= 4 is 39.0 Å². The van der Waals surface area contributed by atoms with Crippen molar-refractivity contribution in [3.63, 3.8) is 0 Å². The Morgan fingerprint density at radius 3 is 2.71 bits per heavy atom. The van der Waals surface area contributed by atoms with Gasteiger partial charge in [0.05, 0.1) is 11.8 Å². The molecule has 0 aliphatic rings. The van der Waals surface area contributed by atoms with Crippen molar-refractivity contribution in [3.05, 3.63) is 70.3 Å². The number of para-hydroxylation sites is 1. The molecule has 0 aliphatic carbocycles. The van der Waals surface area contributed by atoms with Crippen molar-refractivity contribution in [1.82, 2.24) is 10.4 Å². The Hall–Kier alpha value is -2.40. The third-order valence-electron chi connectivity index (χ3n) is 3.08. The Balaban J connectivity index is 1.73. The molecule has 0 atom stereocenters. The lowest BCUT2D eigenvalue weighted by Crippen LogP contribution is -2.17. The highest BCUT2D eigenvalue weighted by molar-refractivity contribution is 9.10. The highest BCUT2D eigenvalue weighted by Crippen LogP contribution is 2.17. The third kappa shape index (κ3) is 3.03. The Morgan fingerprint density at radius 2 is 1.90 bits per heavy atom. The summed E-state index contributed by atoms with van der Waals surface area (Å²) >= 11 is 3.37. The second kappa shape index (κ2) is 5.93. The Morgan fingerprint density at radius 1 is 1.14 bits per heavy atom. The number of aromatic nitrogens is 1. The van der Waals surface area contributed by atoms with E-state index >= 15 is 0 Å². The number of rotatable bonds is 3. The fourth-order valence-electron chi connectivity index (χ4n) is 2.03. The van der Waals surface area contributed by atoms with Gasteiger partial charge in [0.1, 0.15) is 0 Å². The van der Waals surface area contributed by atoms with Crippen molar-refractivity contribution in [2.24, 2.45) is 5.10 Å². The minimum Gasteiger partial charge on any atom is -0.360 e. The van der Waals surface area contributed by atoms with Gasteiger partial charge in [-0.2, -0.15) is 5.10 Å². The fraction of sp³-hybridized carbons (Fsp3) is 0. The zero-order chi connectivity index (χ0) is 14.7. The molecule has 2 N–H and O–H groups in total. The first-order valence-corrected chi connectivity index (χ1v) is 7.18. The van der Waals surface area contributed by atoms with E-state index in [1.165, 1.54) is 0 Å². The highest BCUT2D eigenvalue weighted by Gasteiger charge is 2.10. The second-order valence-electron chi connectivity index (χ2n) is 4.50. The molecule has 5 heteroatoms. The first-order valence-electron chi connectivity index (χ1n) is 6.39. The summed E-state index contributed by atoms with van der Waals surface area (Å²) in [7, 11) is 0. The van der Waals surface area contributed by atoms with Crippen LogP contribution in [-0.2, 0) is 0 Å². The van der Waals surface area contributed by atoms with Gasteiger partial charge in [0.2, 0.25) is 0 Å². The van der Waals surface area contributed by atoms with Crippen LogP contribution in [0.2, 0.25) is 0 Å². The molecular weight excluding hydrogens is 330 g/mol. The van der Waals surface area contributed by atoms with Gasteiger partial charge in [-0.05, 0) is 23.8 Å². The number of benzene rings is 2. The number of halogens is 1. The SMILES string of the molecule is O=C(NN=Cc1ccc(Br)cc1)c1c[nH]c2ccccc12. The molecule has 1 amide bonds. The number of nitrogens with zero attached hydrogens (tertiary/aromatic N) is 1. The maximum absolute atomic E-state index is 12.1. The van der Waals surface area contributed by atoms with E-state index in [1.54, 1.807) is 12.4 Å². The van der Waals surface area contributed by atoms with Gasteiger partial charge in [0, 0.05) is 21.6 Å². The lowest BCUT2D eigenvalue weighted by molar-refractivity contribution is 0.0957. The van der Waals surface area contributed by atoms with Gasteiger partial charge in [-0.15, -0.1) is 0 Å². The molecule has 1 heterocycles. The zero-order valence-corrected chi connectivity index (χ0v) is 12.6. The van der Waals surface area contributed by atoms with E-state index in [4.69, 9.17) is 0 Å². The van der Waals surface area contributed by atoms with E-state index in [0.717, 1.165) is 20.9 Å². The van der Waals surface area contributed by atoms with Gasteiger partial charge in [0.25, 0.3) is 5.91 Å². The summed E-state index contributed by atoms with van der Waals surface area (Å²) in [4.78, 5) is 15.2. The van der Waals surface area contributed by atoms with E-state index in [9.17, 15) is 4.79 Å². The summed E-state index contributed by atoms with van der Waals surface area (Å²) < 4.78 is 1.00. The molecule has 3 rings (SSSR count). The normalized spacial score (nSPS) is 11.1. The molecule has 0 aliphatic heterocycles. The number of nitrogens with one attached hydrogen (secondary N) is 2. The molecule has 0 radical (unpaired) electrons. The molecule has 21 heavy (non-hydrogen) atoms. The summed E-state index contributed by atoms with van der Waals surface area (Å²) in [6, 6.07) is 15.3. The van der Waals surface area contributed by atoms with E-state index in [2.05, 4.69) is 31.4 Å². The molecule has 1 aromatic heterocycles. The van der Waals surface area contributed by atoms with Gasteiger partial charge in [0.15, 0.2) is 0 Å². The summed E-state index contributed by atoms with van der Waals surface area (Å²) in [5.74, 6) is -0.235. The van der Waals surface area contributed by atoms with Gasteiger partial charge in [-0.25, -0.2) is 5.43 Å². The number of hydrazone groups is 1. The topological polar surface area (TPSA) is 57.2 Å². The largest absolute Gasteiger partial charge is 0.360 e. The minimum absolute atomic E-state index is 0.235. The monoisotopic (exact) mass is 341 g/mol. The van der Waals surface area contributed by atoms with E-state index in [-0.39, 0.29) is 5.91 Å².